The molecule has 0 saturated carbocycles. The molecule has 0 atom stereocenters. The number of benzene rings is 1. The second-order valence-corrected chi connectivity index (χ2v) is 4.79. The lowest BCUT2D eigenvalue weighted by Gasteiger charge is -2.36. The van der Waals surface area contributed by atoms with Gasteiger partial charge >= 0.3 is 0 Å². The summed E-state index contributed by atoms with van der Waals surface area (Å²) in [4.78, 5) is 0. The van der Waals surface area contributed by atoms with Crippen molar-refractivity contribution < 1.29 is 18.9 Å². The standard InChI is InChI=1S/C14H20NO4S/c1-16-12-8-11(9-13(17-2)14(12)18-3)15(10-20)4-6-19-7-5-15/h8-10H,4-7H2,1-3H3/q+1. The molecular weight excluding hydrogens is 278 g/mol. The number of quaternary nitrogens is 1. The van der Waals surface area contributed by atoms with Gasteiger partial charge in [-0.2, -0.15) is 0 Å². The minimum atomic E-state index is 0.575. The fourth-order valence-electron chi connectivity index (χ4n) is 2.42. The van der Waals surface area contributed by atoms with Gasteiger partial charge in [0.25, 0.3) is 0 Å². The molecular formula is C14H20NO4S+. The van der Waals surface area contributed by atoms with Crippen LogP contribution in [0.3, 0.4) is 0 Å². The molecule has 6 heteroatoms. The normalized spacial score (nSPS) is 17.4. The minimum Gasteiger partial charge on any atom is -0.492 e. The number of hydrogen-bond acceptors (Lipinski definition) is 5. The maximum absolute atomic E-state index is 5.44. The summed E-state index contributed by atoms with van der Waals surface area (Å²) in [5, 5.41) is 0. The van der Waals surface area contributed by atoms with Gasteiger partial charge in [0, 0.05) is 12.1 Å². The summed E-state index contributed by atoms with van der Waals surface area (Å²) in [6.45, 7) is 2.98. The summed E-state index contributed by atoms with van der Waals surface area (Å²) in [6.07, 6.45) is 0. The summed E-state index contributed by atoms with van der Waals surface area (Å²) in [5.74, 6) is 1.87. The predicted octanol–water partition coefficient (Wildman–Crippen LogP) is 2.01. The average molecular weight is 298 g/mol. The molecule has 2 rings (SSSR count). The average Bonchev–Trinajstić information content (AvgIpc) is 2.53. The molecule has 0 N–H and O–H groups in total. The van der Waals surface area contributed by atoms with Crippen LogP contribution in [0.4, 0.5) is 5.69 Å². The molecule has 1 aliphatic heterocycles. The number of nitrogens with zero attached hydrogens (tertiary/aromatic N) is 1. The summed E-state index contributed by atoms with van der Waals surface area (Å²) in [7, 11) is 4.82. The van der Waals surface area contributed by atoms with E-state index in [1.54, 1.807) is 26.8 Å². The lowest BCUT2D eigenvalue weighted by Crippen LogP contribution is -2.54. The zero-order valence-corrected chi connectivity index (χ0v) is 12.9. The van der Waals surface area contributed by atoms with Gasteiger partial charge in [-0.15, -0.1) is 0 Å². The molecule has 1 aliphatic rings. The molecule has 1 fully saturated rings. The second kappa shape index (κ2) is 6.39. The van der Waals surface area contributed by atoms with Crippen LogP contribution in [-0.2, 0) is 4.74 Å². The lowest BCUT2D eigenvalue weighted by atomic mass is 10.2. The van der Waals surface area contributed by atoms with Crippen molar-refractivity contribution in [2.75, 3.05) is 47.6 Å². The second-order valence-electron chi connectivity index (χ2n) is 4.58. The van der Waals surface area contributed by atoms with Crippen molar-refractivity contribution in [1.82, 2.24) is 4.48 Å². The molecule has 20 heavy (non-hydrogen) atoms. The van der Waals surface area contributed by atoms with Crippen LogP contribution in [-0.4, -0.2) is 53.1 Å². The first kappa shape index (κ1) is 15.0. The van der Waals surface area contributed by atoms with E-state index in [0.29, 0.717) is 34.9 Å². The third-order valence-electron chi connectivity index (χ3n) is 3.63. The third-order valence-corrected chi connectivity index (χ3v) is 4.04. The van der Waals surface area contributed by atoms with Crippen LogP contribution in [0, 0.1) is 0 Å². The van der Waals surface area contributed by atoms with Crippen molar-refractivity contribution in [2.45, 2.75) is 0 Å². The summed E-state index contributed by atoms with van der Waals surface area (Å²) in [5.41, 5.74) is 2.81. The van der Waals surface area contributed by atoms with Gasteiger partial charge in [0.1, 0.15) is 18.8 Å². The van der Waals surface area contributed by atoms with Gasteiger partial charge in [-0.1, -0.05) is 0 Å². The molecule has 5 nitrogen and oxygen atoms in total. The minimum absolute atomic E-state index is 0.575. The fourth-order valence-corrected chi connectivity index (χ4v) is 2.75. The van der Waals surface area contributed by atoms with Crippen LogP contribution < -0.4 is 18.7 Å². The summed E-state index contributed by atoms with van der Waals surface area (Å²) < 4.78 is 22.2. The Labute approximate surface area is 124 Å². The molecule has 0 unspecified atom stereocenters. The van der Waals surface area contributed by atoms with E-state index in [4.69, 9.17) is 31.2 Å². The first-order valence-corrected chi connectivity index (χ1v) is 6.89. The zero-order chi connectivity index (χ0) is 14.6. The molecule has 0 amide bonds. The topological polar surface area (TPSA) is 36.9 Å². The van der Waals surface area contributed by atoms with Crippen molar-refractivity contribution in [2.24, 2.45) is 0 Å². The molecule has 0 bridgehead atoms. The summed E-state index contributed by atoms with van der Waals surface area (Å²) >= 11 is 5.27. The number of hydrogen-bond donors (Lipinski definition) is 0. The largest absolute Gasteiger partial charge is 0.492 e. The number of ether oxygens (including phenoxy) is 4. The molecule has 0 radical (unpaired) electrons. The summed E-state index contributed by atoms with van der Waals surface area (Å²) in [6, 6.07) is 3.91. The van der Waals surface area contributed by atoms with Gasteiger partial charge < -0.3 is 18.9 Å². The Balaban J connectivity index is 2.53. The van der Waals surface area contributed by atoms with Crippen molar-refractivity contribution in [3.05, 3.63) is 12.1 Å². The van der Waals surface area contributed by atoms with Gasteiger partial charge in [-0.05, 0) is 12.2 Å². The van der Waals surface area contributed by atoms with E-state index in [2.05, 4.69) is 0 Å². The Morgan fingerprint density at radius 3 is 2.00 bits per heavy atom. The van der Waals surface area contributed by atoms with E-state index < -0.39 is 0 Å². The van der Waals surface area contributed by atoms with Crippen molar-refractivity contribution in [3.63, 3.8) is 0 Å². The van der Waals surface area contributed by atoms with Crippen LogP contribution in [0.5, 0.6) is 17.2 Å². The van der Waals surface area contributed by atoms with E-state index in [9.17, 15) is 0 Å². The Morgan fingerprint density at radius 2 is 1.60 bits per heavy atom. The molecule has 0 aromatic heterocycles. The Hall–Kier alpha value is -1.37. The van der Waals surface area contributed by atoms with Crippen molar-refractivity contribution in [3.8, 4) is 17.2 Å². The maximum Gasteiger partial charge on any atom is 0.203 e. The maximum atomic E-state index is 5.44. The molecule has 1 aromatic carbocycles. The van der Waals surface area contributed by atoms with E-state index in [1.165, 1.54) is 0 Å². The van der Waals surface area contributed by atoms with E-state index >= 15 is 0 Å². The number of morpholine rings is 1. The van der Waals surface area contributed by atoms with Crippen LogP contribution in [0.25, 0.3) is 0 Å². The first-order valence-electron chi connectivity index (χ1n) is 6.42. The van der Waals surface area contributed by atoms with Crippen LogP contribution in [0.1, 0.15) is 0 Å². The van der Waals surface area contributed by atoms with Crippen molar-refractivity contribution >= 4 is 23.4 Å². The highest BCUT2D eigenvalue weighted by molar-refractivity contribution is 7.79. The van der Waals surface area contributed by atoms with Gasteiger partial charge in [-0.3, -0.25) is 4.48 Å². The molecule has 0 aliphatic carbocycles. The van der Waals surface area contributed by atoms with E-state index in [0.717, 1.165) is 18.8 Å². The SMILES string of the molecule is COc1cc([N+]2(C=S)CCOCC2)cc(OC)c1OC. The quantitative estimate of drug-likeness (QED) is 0.614. The number of methoxy groups -OCH3 is 3. The Morgan fingerprint density at radius 1 is 1.05 bits per heavy atom. The predicted molar refractivity (Wildman–Crippen MR) is 82.1 cm³/mol. The highest BCUT2D eigenvalue weighted by Crippen LogP contribution is 2.42. The van der Waals surface area contributed by atoms with Crippen LogP contribution >= 0.6 is 12.2 Å². The third kappa shape index (κ3) is 2.59. The smallest absolute Gasteiger partial charge is 0.203 e. The molecule has 110 valence electrons. The first-order chi connectivity index (χ1) is 9.70. The number of thiocarbonyl (C=S) groups is 1. The van der Waals surface area contributed by atoms with Crippen LogP contribution in [0.15, 0.2) is 12.1 Å². The van der Waals surface area contributed by atoms with Crippen LogP contribution in [0.2, 0.25) is 0 Å². The zero-order valence-electron chi connectivity index (χ0n) is 12.0. The monoisotopic (exact) mass is 298 g/mol. The highest BCUT2D eigenvalue weighted by atomic mass is 32.1. The van der Waals surface area contributed by atoms with E-state index in [1.807, 2.05) is 12.1 Å². The highest BCUT2D eigenvalue weighted by Gasteiger charge is 2.33. The fraction of sp³-hybridized carbons (Fsp3) is 0.500. The van der Waals surface area contributed by atoms with Gasteiger partial charge in [-0.25, -0.2) is 0 Å². The van der Waals surface area contributed by atoms with E-state index in [-0.39, 0.29) is 0 Å². The Kier molecular flexibility index (Phi) is 4.80. The van der Waals surface area contributed by atoms with Gasteiger partial charge in [0.2, 0.25) is 5.75 Å². The molecule has 0 spiro atoms. The molecule has 1 aromatic rings. The molecule has 1 heterocycles. The Bertz CT molecular complexity index is 461. The lowest BCUT2D eigenvalue weighted by molar-refractivity contribution is 0.0723. The molecule has 1 saturated heterocycles. The van der Waals surface area contributed by atoms with Gasteiger partial charge in [0.15, 0.2) is 17.0 Å². The van der Waals surface area contributed by atoms with Gasteiger partial charge in [0.05, 0.1) is 34.5 Å². The number of rotatable bonds is 5. The van der Waals surface area contributed by atoms with Crippen molar-refractivity contribution in [1.29, 1.82) is 0 Å².